The van der Waals surface area contributed by atoms with Gasteiger partial charge in [0.15, 0.2) is 6.10 Å². The van der Waals surface area contributed by atoms with Gasteiger partial charge in [0.05, 0.1) is 0 Å². The number of carbonyl (C=O) groups is 1. The van der Waals surface area contributed by atoms with E-state index in [0.717, 1.165) is 6.92 Å². The third kappa shape index (κ3) is 3.42. The Morgan fingerprint density at radius 1 is 1.78 bits per heavy atom. The van der Waals surface area contributed by atoms with Gasteiger partial charge in [0, 0.05) is 0 Å². The predicted octanol–water partition coefficient (Wildman–Crippen LogP) is -1.01. The first-order valence-electron chi connectivity index (χ1n) is 2.10. The molecule has 0 radical (unpaired) electrons. The van der Waals surface area contributed by atoms with Gasteiger partial charge in [-0.2, -0.15) is 5.21 Å². The van der Waals surface area contributed by atoms with Crippen molar-refractivity contribution < 1.29 is 25.0 Å². The fourth-order valence-corrected chi connectivity index (χ4v) is 0.153. The number of aliphatic hydroxyl groups excluding tert-OH is 1. The highest BCUT2D eigenvalue weighted by atomic mass is 17.0. The Kier molecular flexibility index (Phi) is 2.59. The van der Waals surface area contributed by atoms with Crippen LogP contribution in [0, 0.1) is 4.91 Å². The summed E-state index contributed by atoms with van der Waals surface area (Å²) >= 11 is 0. The van der Waals surface area contributed by atoms with E-state index >= 15 is 0 Å². The van der Waals surface area contributed by atoms with Gasteiger partial charge in [0.25, 0.3) is 0 Å². The predicted molar refractivity (Wildman–Crippen MR) is 23.2 cm³/mol. The Morgan fingerprint density at radius 3 is 2.33 bits per heavy atom. The van der Waals surface area contributed by atoms with Crippen molar-refractivity contribution in [3.8, 4) is 0 Å². The summed E-state index contributed by atoms with van der Waals surface area (Å²) in [5.74, 6) is -1.20. The molecular weight excluding hydrogens is 130 g/mol. The van der Waals surface area contributed by atoms with Crippen LogP contribution >= 0.6 is 0 Å². The fraction of sp³-hybridized carbons (Fsp3) is 0.667. The maximum atomic E-state index is 10.1. The topological polar surface area (TPSA) is 86.8 Å². The van der Waals surface area contributed by atoms with Crippen LogP contribution in [0.15, 0.2) is 0 Å². The third-order valence-corrected chi connectivity index (χ3v) is 0.509. The molecule has 0 aromatic rings. The lowest BCUT2D eigenvalue weighted by Gasteiger charge is -1.90. The van der Waals surface area contributed by atoms with Gasteiger partial charge < -0.3 is 5.11 Å². The first kappa shape index (κ1) is 7.83. The molecule has 52 valence electrons. The van der Waals surface area contributed by atoms with E-state index in [9.17, 15) is 9.70 Å². The van der Waals surface area contributed by atoms with Crippen molar-refractivity contribution >= 4 is 5.97 Å². The average molecular weight is 136 g/mol. The van der Waals surface area contributed by atoms with Gasteiger partial charge in [-0.05, 0) is 6.92 Å². The van der Waals surface area contributed by atoms with E-state index in [2.05, 4.69) is 4.84 Å². The summed E-state index contributed by atoms with van der Waals surface area (Å²) in [6, 6.07) is 0. The van der Waals surface area contributed by atoms with Crippen LogP contribution in [-0.4, -0.2) is 27.5 Å². The number of hydrogen-bond acceptors (Lipinski definition) is 4. The Bertz CT molecular complexity index is 130. The molecule has 2 N–H and O–H groups in total. The molecular formula is C3H6NO5+. The molecule has 0 bridgehead atoms. The van der Waals surface area contributed by atoms with Gasteiger partial charge in [0.1, 0.15) is 4.91 Å². The molecule has 0 saturated heterocycles. The SMILES string of the molecule is CC(O)C(=O)O[N+](=O)O. The van der Waals surface area contributed by atoms with E-state index in [-0.39, 0.29) is 0 Å². The number of aliphatic hydroxyl groups is 1. The first-order chi connectivity index (χ1) is 4.04. The van der Waals surface area contributed by atoms with Gasteiger partial charge in [0.2, 0.25) is 0 Å². The summed E-state index contributed by atoms with van der Waals surface area (Å²) < 4.78 is 0. The Morgan fingerprint density at radius 2 is 2.22 bits per heavy atom. The van der Waals surface area contributed by atoms with Crippen LogP contribution in [0.3, 0.4) is 0 Å². The maximum absolute atomic E-state index is 10.1. The summed E-state index contributed by atoms with van der Waals surface area (Å²) in [5, 5.41) is 15.0. The molecule has 0 spiro atoms. The van der Waals surface area contributed by atoms with E-state index in [0.29, 0.717) is 0 Å². The van der Waals surface area contributed by atoms with Crippen molar-refractivity contribution in [2.75, 3.05) is 0 Å². The monoisotopic (exact) mass is 136 g/mol. The number of carbonyl (C=O) groups excluding carboxylic acids is 1. The van der Waals surface area contributed by atoms with E-state index < -0.39 is 17.2 Å². The molecule has 0 aliphatic rings. The van der Waals surface area contributed by atoms with E-state index in [1.165, 1.54) is 0 Å². The van der Waals surface area contributed by atoms with Gasteiger partial charge in [-0.25, -0.2) is 4.79 Å². The molecule has 0 aromatic carbocycles. The summed E-state index contributed by atoms with van der Waals surface area (Å²) in [5.41, 5.74) is 0. The molecule has 0 aliphatic heterocycles. The van der Waals surface area contributed by atoms with Crippen LogP contribution in [0.4, 0.5) is 0 Å². The molecule has 0 saturated carbocycles. The highest BCUT2D eigenvalue weighted by Crippen LogP contribution is 1.84. The minimum Gasteiger partial charge on any atom is -0.381 e. The smallest absolute Gasteiger partial charge is 0.381 e. The number of nitrogens with zero attached hydrogens (tertiary/aromatic N) is 1. The minimum absolute atomic E-state index is 1.02. The minimum atomic E-state index is -1.41. The molecule has 0 heterocycles. The van der Waals surface area contributed by atoms with Crippen molar-refractivity contribution in [3.63, 3.8) is 0 Å². The normalized spacial score (nSPS) is 12.2. The number of hydrogen-bond donors (Lipinski definition) is 2. The molecule has 0 fully saturated rings. The highest BCUT2D eigenvalue weighted by molar-refractivity contribution is 5.72. The molecule has 0 rings (SSSR count). The van der Waals surface area contributed by atoms with Crippen molar-refractivity contribution in [1.29, 1.82) is 0 Å². The fourth-order valence-electron chi connectivity index (χ4n) is 0.153. The second-order valence-corrected chi connectivity index (χ2v) is 1.32. The van der Waals surface area contributed by atoms with Crippen molar-refractivity contribution in [1.82, 2.24) is 0 Å². The third-order valence-electron chi connectivity index (χ3n) is 0.509. The molecule has 9 heavy (non-hydrogen) atoms. The molecule has 6 heteroatoms. The molecule has 0 aliphatic carbocycles. The van der Waals surface area contributed by atoms with Crippen molar-refractivity contribution in [2.24, 2.45) is 0 Å². The van der Waals surface area contributed by atoms with Gasteiger partial charge in [-0.15, -0.1) is 4.84 Å². The standard InChI is InChI=1S/C3H6NO5/c1-2(5)3(6)9-4(7)8/h2,5H,1H3,(H,7,8)/q+1. The molecule has 6 nitrogen and oxygen atoms in total. The van der Waals surface area contributed by atoms with Crippen LogP contribution in [-0.2, 0) is 9.63 Å². The zero-order valence-electron chi connectivity index (χ0n) is 4.64. The van der Waals surface area contributed by atoms with Crippen LogP contribution in [0.2, 0.25) is 0 Å². The lowest BCUT2D eigenvalue weighted by Crippen LogP contribution is -2.22. The largest absolute Gasteiger partial charge is 0.484 e. The second-order valence-electron chi connectivity index (χ2n) is 1.32. The molecule has 1 atom stereocenters. The summed E-state index contributed by atoms with van der Waals surface area (Å²) in [4.78, 5) is 23.0. The van der Waals surface area contributed by atoms with Crippen molar-refractivity contribution in [3.05, 3.63) is 4.91 Å². The van der Waals surface area contributed by atoms with Gasteiger partial charge in [-0.3, -0.25) is 0 Å². The molecule has 0 aromatic heterocycles. The lowest BCUT2D eigenvalue weighted by molar-refractivity contribution is -0.957. The Hall–Kier alpha value is -1.17. The zero-order valence-corrected chi connectivity index (χ0v) is 4.64. The lowest BCUT2D eigenvalue weighted by atomic mass is 10.4. The van der Waals surface area contributed by atoms with Crippen molar-refractivity contribution in [2.45, 2.75) is 13.0 Å². The van der Waals surface area contributed by atoms with E-state index in [1.807, 2.05) is 0 Å². The van der Waals surface area contributed by atoms with E-state index in [4.69, 9.17) is 10.3 Å². The quantitative estimate of drug-likeness (QED) is 0.475. The average Bonchev–Trinajstić information content (AvgIpc) is 1.63. The van der Waals surface area contributed by atoms with Crippen LogP contribution in [0.5, 0.6) is 0 Å². The maximum Gasteiger partial charge on any atom is 0.484 e. The molecule has 0 amide bonds. The van der Waals surface area contributed by atoms with E-state index in [1.54, 1.807) is 0 Å². The summed E-state index contributed by atoms with van der Waals surface area (Å²) in [6.45, 7) is 1.10. The van der Waals surface area contributed by atoms with Crippen LogP contribution in [0.25, 0.3) is 0 Å². The zero-order chi connectivity index (χ0) is 7.44. The highest BCUT2D eigenvalue weighted by Gasteiger charge is 2.20. The summed E-state index contributed by atoms with van der Waals surface area (Å²) in [6.07, 6.45) is -1.41. The molecule has 1 unspecified atom stereocenters. The Labute approximate surface area is 50.1 Å². The van der Waals surface area contributed by atoms with Gasteiger partial charge >= 0.3 is 11.1 Å². The number of rotatable bonds is 2. The summed E-state index contributed by atoms with van der Waals surface area (Å²) in [7, 11) is 0. The van der Waals surface area contributed by atoms with Crippen LogP contribution in [0.1, 0.15) is 6.92 Å². The van der Waals surface area contributed by atoms with Gasteiger partial charge in [-0.1, -0.05) is 0 Å². The van der Waals surface area contributed by atoms with Crippen LogP contribution < -0.4 is 0 Å². The Balaban J connectivity index is 3.64. The first-order valence-corrected chi connectivity index (χ1v) is 2.10. The second kappa shape index (κ2) is 2.98.